The number of hydrogen-bond donors (Lipinski definition) is 1. The van der Waals surface area contributed by atoms with Gasteiger partial charge in [0.1, 0.15) is 17.1 Å². The van der Waals surface area contributed by atoms with Gasteiger partial charge < -0.3 is 14.6 Å². The van der Waals surface area contributed by atoms with Gasteiger partial charge >= 0.3 is 12.3 Å². The van der Waals surface area contributed by atoms with E-state index in [4.69, 9.17) is 9.84 Å². The summed E-state index contributed by atoms with van der Waals surface area (Å²) in [6, 6.07) is 2.98. The second kappa shape index (κ2) is 12.5. The van der Waals surface area contributed by atoms with E-state index in [0.717, 1.165) is 43.9 Å². The third-order valence-corrected chi connectivity index (χ3v) is 4.17. The third-order valence-electron chi connectivity index (χ3n) is 4.17. The van der Waals surface area contributed by atoms with Crippen LogP contribution in [0.3, 0.4) is 0 Å². The van der Waals surface area contributed by atoms with Crippen LogP contribution in [0.15, 0.2) is 18.2 Å². The van der Waals surface area contributed by atoms with E-state index in [2.05, 4.69) is 11.7 Å². The maximum atomic E-state index is 12.3. The van der Waals surface area contributed by atoms with Crippen molar-refractivity contribution in [3.63, 3.8) is 0 Å². The van der Waals surface area contributed by atoms with Crippen molar-refractivity contribution < 1.29 is 32.5 Å². The lowest BCUT2D eigenvalue weighted by Gasteiger charge is -2.13. The number of unbranched alkanes of at least 4 members (excludes halogenated alkanes) is 9. The van der Waals surface area contributed by atoms with Crippen molar-refractivity contribution in [3.05, 3.63) is 23.8 Å². The second-order valence-electron chi connectivity index (χ2n) is 6.54. The highest BCUT2D eigenvalue weighted by molar-refractivity contribution is 5.91. The van der Waals surface area contributed by atoms with Gasteiger partial charge in [0.25, 0.3) is 0 Å². The van der Waals surface area contributed by atoms with Crippen molar-refractivity contribution in [2.45, 2.75) is 77.5 Å². The Morgan fingerprint density at radius 1 is 0.963 bits per heavy atom. The molecule has 154 valence electrons. The standard InChI is InChI=1S/C20H29F3O4/c1-2-3-4-5-6-7-8-9-10-11-14-26-18-15-16(27-20(21,22)23)12-13-17(18)19(24)25/h12-13,15H,2-11,14H2,1H3,(H,24,25). The molecule has 0 saturated heterocycles. The van der Waals surface area contributed by atoms with Gasteiger partial charge in [-0.1, -0.05) is 64.7 Å². The Morgan fingerprint density at radius 3 is 2.04 bits per heavy atom. The number of benzene rings is 1. The van der Waals surface area contributed by atoms with Gasteiger partial charge in [0.2, 0.25) is 0 Å². The topological polar surface area (TPSA) is 55.8 Å². The Morgan fingerprint density at radius 2 is 1.52 bits per heavy atom. The average Bonchev–Trinajstić information content (AvgIpc) is 2.58. The Labute approximate surface area is 158 Å². The molecule has 0 radical (unpaired) electrons. The van der Waals surface area contributed by atoms with E-state index in [0.29, 0.717) is 0 Å². The highest BCUT2D eigenvalue weighted by Crippen LogP contribution is 2.29. The van der Waals surface area contributed by atoms with Crippen molar-refractivity contribution in [2.24, 2.45) is 0 Å². The summed E-state index contributed by atoms with van der Waals surface area (Å²) in [6.45, 7) is 2.45. The smallest absolute Gasteiger partial charge is 0.493 e. The molecule has 0 aromatic heterocycles. The van der Waals surface area contributed by atoms with Crippen molar-refractivity contribution in [2.75, 3.05) is 6.61 Å². The van der Waals surface area contributed by atoms with Gasteiger partial charge in [-0.25, -0.2) is 4.79 Å². The number of aromatic carboxylic acids is 1. The molecule has 4 nitrogen and oxygen atoms in total. The van der Waals surface area contributed by atoms with Crippen LogP contribution < -0.4 is 9.47 Å². The number of rotatable bonds is 14. The van der Waals surface area contributed by atoms with Crippen LogP contribution in [0.2, 0.25) is 0 Å². The van der Waals surface area contributed by atoms with Crippen LogP contribution in [0.4, 0.5) is 13.2 Å². The zero-order chi connectivity index (χ0) is 20.1. The van der Waals surface area contributed by atoms with E-state index in [1.807, 2.05) is 0 Å². The first-order chi connectivity index (χ1) is 12.8. The van der Waals surface area contributed by atoms with E-state index >= 15 is 0 Å². The number of carboxylic acid groups (broad SMARTS) is 1. The number of carboxylic acids is 1. The number of ether oxygens (including phenoxy) is 2. The number of halogens is 3. The zero-order valence-corrected chi connectivity index (χ0v) is 15.8. The Bertz CT molecular complexity index is 559. The molecule has 0 aliphatic carbocycles. The molecule has 0 atom stereocenters. The predicted octanol–water partition coefficient (Wildman–Crippen LogP) is 6.58. The summed E-state index contributed by atoms with van der Waals surface area (Å²) < 4.78 is 46.1. The number of hydrogen-bond acceptors (Lipinski definition) is 3. The van der Waals surface area contributed by atoms with Crippen LogP contribution in [0, 0.1) is 0 Å². The van der Waals surface area contributed by atoms with Gasteiger partial charge in [0, 0.05) is 6.07 Å². The van der Waals surface area contributed by atoms with Crippen LogP contribution >= 0.6 is 0 Å². The summed E-state index contributed by atoms with van der Waals surface area (Å²) in [5.41, 5.74) is -0.184. The van der Waals surface area contributed by atoms with Crippen molar-refractivity contribution >= 4 is 5.97 Å². The first-order valence-corrected chi connectivity index (χ1v) is 9.59. The molecular formula is C20H29F3O4. The largest absolute Gasteiger partial charge is 0.573 e. The van der Waals surface area contributed by atoms with Gasteiger partial charge in [-0.3, -0.25) is 0 Å². The molecular weight excluding hydrogens is 361 g/mol. The molecule has 0 aliphatic heterocycles. The van der Waals surface area contributed by atoms with Crippen molar-refractivity contribution in [1.82, 2.24) is 0 Å². The van der Waals surface area contributed by atoms with E-state index < -0.39 is 18.1 Å². The van der Waals surface area contributed by atoms with Gasteiger partial charge in [-0.05, 0) is 18.6 Å². The van der Waals surface area contributed by atoms with Crippen LogP contribution in [0.25, 0.3) is 0 Å². The minimum absolute atomic E-state index is 0.111. The van der Waals surface area contributed by atoms with Gasteiger partial charge in [0.15, 0.2) is 0 Å². The molecule has 27 heavy (non-hydrogen) atoms. The monoisotopic (exact) mass is 390 g/mol. The summed E-state index contributed by atoms with van der Waals surface area (Å²) >= 11 is 0. The van der Waals surface area contributed by atoms with E-state index in [-0.39, 0.29) is 17.9 Å². The summed E-state index contributed by atoms with van der Waals surface area (Å²) in [5.74, 6) is -1.86. The summed E-state index contributed by atoms with van der Waals surface area (Å²) in [5, 5.41) is 9.12. The van der Waals surface area contributed by atoms with Crippen LogP contribution in [-0.4, -0.2) is 24.0 Å². The predicted molar refractivity (Wildman–Crippen MR) is 97.4 cm³/mol. The zero-order valence-electron chi connectivity index (χ0n) is 15.8. The molecule has 0 fully saturated rings. The Kier molecular flexibility index (Phi) is 10.7. The third kappa shape index (κ3) is 10.7. The molecule has 1 N–H and O–H groups in total. The fraction of sp³-hybridized carbons (Fsp3) is 0.650. The Hall–Kier alpha value is -1.92. The molecule has 1 aromatic rings. The molecule has 1 rings (SSSR count). The van der Waals surface area contributed by atoms with E-state index in [9.17, 15) is 18.0 Å². The van der Waals surface area contributed by atoms with Crippen LogP contribution in [-0.2, 0) is 0 Å². The lowest BCUT2D eigenvalue weighted by Crippen LogP contribution is -2.17. The number of carbonyl (C=O) groups is 1. The molecule has 0 spiro atoms. The fourth-order valence-electron chi connectivity index (χ4n) is 2.77. The highest BCUT2D eigenvalue weighted by atomic mass is 19.4. The lowest BCUT2D eigenvalue weighted by atomic mass is 10.1. The molecule has 1 aromatic carbocycles. The minimum Gasteiger partial charge on any atom is -0.493 e. The van der Waals surface area contributed by atoms with E-state index in [1.165, 1.54) is 38.5 Å². The lowest BCUT2D eigenvalue weighted by molar-refractivity contribution is -0.274. The van der Waals surface area contributed by atoms with Crippen molar-refractivity contribution in [1.29, 1.82) is 0 Å². The first-order valence-electron chi connectivity index (χ1n) is 9.59. The molecule has 0 amide bonds. The Balaban J connectivity index is 2.32. The van der Waals surface area contributed by atoms with Crippen LogP contribution in [0.5, 0.6) is 11.5 Å². The maximum absolute atomic E-state index is 12.3. The maximum Gasteiger partial charge on any atom is 0.573 e. The van der Waals surface area contributed by atoms with Crippen molar-refractivity contribution in [3.8, 4) is 11.5 Å². The van der Waals surface area contributed by atoms with Crippen LogP contribution in [0.1, 0.15) is 81.5 Å². The molecule has 0 bridgehead atoms. The summed E-state index contributed by atoms with van der Waals surface area (Å²) in [7, 11) is 0. The fourth-order valence-corrected chi connectivity index (χ4v) is 2.77. The summed E-state index contributed by atoms with van der Waals surface area (Å²) in [6.07, 6.45) is 6.64. The normalized spacial score (nSPS) is 11.4. The second-order valence-corrected chi connectivity index (χ2v) is 6.54. The molecule has 7 heteroatoms. The molecule has 0 unspecified atom stereocenters. The number of alkyl halides is 3. The average molecular weight is 390 g/mol. The highest BCUT2D eigenvalue weighted by Gasteiger charge is 2.31. The quantitative estimate of drug-likeness (QED) is 0.364. The first kappa shape index (κ1) is 23.1. The van der Waals surface area contributed by atoms with E-state index in [1.54, 1.807) is 0 Å². The van der Waals surface area contributed by atoms with Gasteiger partial charge in [-0.15, -0.1) is 13.2 Å². The van der Waals surface area contributed by atoms with Gasteiger partial charge in [-0.2, -0.15) is 0 Å². The molecule has 0 aliphatic rings. The SMILES string of the molecule is CCCCCCCCCCCCOc1cc(OC(F)(F)F)ccc1C(=O)O. The molecule has 0 saturated carbocycles. The summed E-state index contributed by atoms with van der Waals surface area (Å²) in [4.78, 5) is 11.2. The molecule has 0 heterocycles. The minimum atomic E-state index is -4.83. The van der Waals surface area contributed by atoms with Gasteiger partial charge in [0.05, 0.1) is 6.61 Å².